The molecule has 3 heterocycles. The molecule has 4 N–H and O–H groups in total. The third-order valence-electron chi connectivity index (χ3n) is 4.79. The highest BCUT2D eigenvalue weighted by Gasteiger charge is 2.35. The van der Waals surface area contributed by atoms with E-state index in [0.717, 1.165) is 6.54 Å². The lowest BCUT2D eigenvalue weighted by Crippen LogP contribution is -2.32. The van der Waals surface area contributed by atoms with Crippen molar-refractivity contribution in [2.75, 3.05) is 54.2 Å². The van der Waals surface area contributed by atoms with Crippen LogP contribution < -0.4 is 16.4 Å². The lowest BCUT2D eigenvalue weighted by atomic mass is 10.2. The van der Waals surface area contributed by atoms with E-state index in [-0.39, 0.29) is 30.5 Å². The number of nitrogens with zero attached hydrogens (tertiary/aromatic N) is 7. The van der Waals surface area contributed by atoms with E-state index in [1.807, 2.05) is 0 Å². The van der Waals surface area contributed by atoms with Gasteiger partial charge in [-0.05, 0) is 20.2 Å². The number of nitrogens with two attached hydrogens (primary N) is 1. The number of hydrogen-bond donors (Lipinski definition) is 3. The molecular formula is C23H31F3N10O6. The summed E-state index contributed by atoms with van der Waals surface area (Å²) in [7, 11) is 4.95. The van der Waals surface area contributed by atoms with Gasteiger partial charge in [0.15, 0.2) is 12.6 Å². The predicted octanol–water partition coefficient (Wildman–Crippen LogP) is 0.572. The smallest absolute Gasteiger partial charge is 0.467 e. The Labute approximate surface area is 237 Å². The first kappa shape index (κ1) is 33.6. The second-order valence-corrected chi connectivity index (χ2v) is 7.81. The summed E-state index contributed by atoms with van der Waals surface area (Å²) in [6.45, 7) is 1.50. The Morgan fingerprint density at radius 1 is 1.17 bits per heavy atom. The number of rotatable bonds is 13. The van der Waals surface area contributed by atoms with E-state index >= 15 is 0 Å². The molecule has 19 heteroatoms. The second kappa shape index (κ2) is 17.3. The van der Waals surface area contributed by atoms with Crippen LogP contribution in [0.5, 0.6) is 0 Å². The number of aromatic nitrogens is 5. The third kappa shape index (κ3) is 10.4. The quantitative estimate of drug-likeness (QED) is 0.0813. The third-order valence-corrected chi connectivity index (χ3v) is 4.79. The zero-order valence-corrected chi connectivity index (χ0v) is 23.0. The molecule has 0 aromatic carbocycles. The highest BCUT2D eigenvalue weighted by Crippen LogP contribution is 2.25. The fourth-order valence-corrected chi connectivity index (χ4v) is 2.96. The maximum Gasteiger partial charge on any atom is 0.510 e. The van der Waals surface area contributed by atoms with E-state index in [1.165, 1.54) is 24.0 Å². The maximum atomic E-state index is 13.2. The molecular weight excluding hydrogens is 569 g/mol. The first-order chi connectivity index (χ1) is 20.2. The van der Waals surface area contributed by atoms with Crippen LogP contribution in [0.4, 0.5) is 18.0 Å². The molecule has 230 valence electrons. The molecule has 42 heavy (non-hydrogen) atoms. The van der Waals surface area contributed by atoms with E-state index < -0.39 is 30.7 Å². The molecule has 0 bridgehead atoms. The van der Waals surface area contributed by atoms with Crippen molar-refractivity contribution in [3.05, 3.63) is 36.7 Å². The number of fused-ring (bicyclic) bond motifs is 1. The topological polar surface area (TPSA) is 194 Å². The number of nitrogens with one attached hydrogen (secondary N) is 2. The number of alkyl halides is 3. The van der Waals surface area contributed by atoms with Gasteiger partial charge >= 0.3 is 12.3 Å². The Balaban J connectivity index is 0.000000782. The molecule has 0 saturated heterocycles. The number of ether oxygens (including phenoxy) is 4. The minimum Gasteiger partial charge on any atom is -0.467 e. The molecule has 0 aliphatic rings. The van der Waals surface area contributed by atoms with Crippen LogP contribution in [0.25, 0.3) is 17.2 Å². The maximum absolute atomic E-state index is 13.2. The summed E-state index contributed by atoms with van der Waals surface area (Å²) in [5.74, 6) is -2.09. The lowest BCUT2D eigenvalue weighted by molar-refractivity contribution is -0.128. The summed E-state index contributed by atoms with van der Waals surface area (Å²) < 4.78 is 61.6. The Kier molecular flexibility index (Phi) is 13.8. The number of carbonyl (C=O) groups is 2. The number of likely N-dealkylation sites (N-methyl/N-ethyl adjacent to an activating group) is 2. The van der Waals surface area contributed by atoms with Crippen molar-refractivity contribution in [3.63, 3.8) is 0 Å². The van der Waals surface area contributed by atoms with Crippen molar-refractivity contribution in [1.82, 2.24) is 34.6 Å². The molecule has 0 atom stereocenters. The average molecular weight is 601 g/mol. The highest BCUT2D eigenvalue weighted by atomic mass is 19.4. The zero-order valence-electron chi connectivity index (χ0n) is 23.0. The van der Waals surface area contributed by atoms with Crippen molar-refractivity contribution in [2.45, 2.75) is 12.9 Å². The van der Waals surface area contributed by atoms with Gasteiger partial charge in [0.25, 0.3) is 6.47 Å². The van der Waals surface area contributed by atoms with Crippen LogP contribution in [0.1, 0.15) is 5.69 Å². The van der Waals surface area contributed by atoms with Crippen molar-refractivity contribution < 1.29 is 41.7 Å². The standard InChI is InChI=1S/C19H22F3N9O4.C4H9NO2/c1-24-5-7-34-18(32)35-10-27-15(29-16(23)19(20,21)22)13-14(12-8-30(9-26-12)11-33-2)31-6-3-4-25-17(31)28-13;1-5-2-3-7-4-6/h3-4,6,8-9,24H,5,7,10-11H2,1-2H3,(H2,23,27,29);4-5H,2-3H2,1H3. The summed E-state index contributed by atoms with van der Waals surface area (Å²) in [6.07, 6.45) is 0.0962. The molecule has 0 fully saturated rings. The van der Waals surface area contributed by atoms with Gasteiger partial charge in [0, 0.05) is 38.8 Å². The molecule has 0 aliphatic heterocycles. The van der Waals surface area contributed by atoms with E-state index in [2.05, 4.69) is 40.3 Å². The number of methoxy groups -OCH3 is 1. The zero-order chi connectivity index (χ0) is 31.0. The van der Waals surface area contributed by atoms with Gasteiger partial charge in [-0.25, -0.2) is 29.7 Å². The molecule has 3 rings (SSSR count). The van der Waals surface area contributed by atoms with Crippen molar-refractivity contribution in [3.8, 4) is 11.4 Å². The number of amidine groups is 2. The summed E-state index contributed by atoms with van der Waals surface area (Å²) in [5.41, 5.74) is 5.58. The van der Waals surface area contributed by atoms with Gasteiger partial charge in [0.2, 0.25) is 11.6 Å². The fourth-order valence-electron chi connectivity index (χ4n) is 2.96. The largest absolute Gasteiger partial charge is 0.510 e. The van der Waals surface area contributed by atoms with Gasteiger partial charge < -0.3 is 39.9 Å². The Bertz CT molecular complexity index is 1340. The van der Waals surface area contributed by atoms with Gasteiger partial charge in [-0.2, -0.15) is 13.2 Å². The molecule has 3 aromatic heterocycles. The Morgan fingerprint density at radius 3 is 2.57 bits per heavy atom. The van der Waals surface area contributed by atoms with Gasteiger partial charge in [0.05, 0.1) is 6.33 Å². The molecule has 0 saturated carbocycles. The SMILES string of the molecule is CNCCOC(=O)OC/N=C(/N=C(N)C(F)(F)F)c1nc2ncccn2c1-c1cn(COC)cn1.CNCCOC=O. The summed E-state index contributed by atoms with van der Waals surface area (Å²) in [6, 6.07) is 1.60. The fraction of sp³-hybridized carbons (Fsp3) is 0.435. The van der Waals surface area contributed by atoms with Crippen LogP contribution in [0.2, 0.25) is 0 Å². The monoisotopic (exact) mass is 600 g/mol. The summed E-state index contributed by atoms with van der Waals surface area (Å²) >= 11 is 0. The number of imidazole rings is 2. The van der Waals surface area contributed by atoms with Crippen molar-refractivity contribution >= 4 is 30.1 Å². The first-order valence-electron chi connectivity index (χ1n) is 12.1. The van der Waals surface area contributed by atoms with Crippen molar-refractivity contribution in [1.29, 1.82) is 0 Å². The minimum atomic E-state index is -4.94. The number of aliphatic imine (C=N–C) groups is 2. The van der Waals surface area contributed by atoms with E-state index in [9.17, 15) is 22.8 Å². The first-order valence-corrected chi connectivity index (χ1v) is 12.1. The van der Waals surface area contributed by atoms with Gasteiger partial charge in [0.1, 0.15) is 37.0 Å². The van der Waals surface area contributed by atoms with Crippen LogP contribution in [0, 0.1) is 0 Å². The van der Waals surface area contributed by atoms with Gasteiger partial charge in [-0.15, -0.1) is 0 Å². The normalized spacial score (nSPS) is 12.0. The van der Waals surface area contributed by atoms with Crippen molar-refractivity contribution in [2.24, 2.45) is 15.7 Å². The summed E-state index contributed by atoms with van der Waals surface area (Å²) in [4.78, 5) is 41.1. The second-order valence-electron chi connectivity index (χ2n) is 7.81. The number of halogens is 3. The molecule has 0 spiro atoms. The van der Waals surface area contributed by atoms with E-state index in [1.54, 1.807) is 37.1 Å². The van der Waals surface area contributed by atoms with Crippen LogP contribution >= 0.6 is 0 Å². The molecule has 0 aliphatic carbocycles. The van der Waals surface area contributed by atoms with Crippen LogP contribution in [0.3, 0.4) is 0 Å². The predicted molar refractivity (Wildman–Crippen MR) is 143 cm³/mol. The average Bonchev–Trinajstić information content (AvgIpc) is 3.57. The minimum absolute atomic E-state index is 0.0253. The van der Waals surface area contributed by atoms with Crippen LogP contribution in [-0.4, -0.2) is 109 Å². The molecule has 0 unspecified atom stereocenters. The van der Waals surface area contributed by atoms with Gasteiger partial charge in [-0.1, -0.05) is 0 Å². The van der Waals surface area contributed by atoms with E-state index in [4.69, 9.17) is 19.9 Å². The highest BCUT2D eigenvalue weighted by molar-refractivity contribution is 6.09. The molecule has 0 amide bonds. The summed E-state index contributed by atoms with van der Waals surface area (Å²) in [5, 5.41) is 5.59. The number of carbonyl (C=O) groups excluding carboxylic acids is 2. The molecule has 3 aromatic rings. The molecule has 16 nitrogen and oxygen atoms in total. The lowest BCUT2D eigenvalue weighted by Gasteiger charge is -2.08. The Hall–Kier alpha value is -4.62. The van der Waals surface area contributed by atoms with E-state index in [0.29, 0.717) is 25.3 Å². The van der Waals surface area contributed by atoms with Gasteiger partial charge in [-0.3, -0.25) is 9.20 Å². The van der Waals surface area contributed by atoms with Crippen LogP contribution in [0.15, 0.2) is 41.0 Å². The Morgan fingerprint density at radius 2 is 1.90 bits per heavy atom. The molecule has 0 radical (unpaired) electrons. The van der Waals surface area contributed by atoms with Crippen LogP contribution in [-0.2, 0) is 30.5 Å². The number of hydrogen-bond acceptors (Lipinski definition) is 12.